The first kappa shape index (κ1) is 13.0. The summed E-state index contributed by atoms with van der Waals surface area (Å²) in [6.07, 6.45) is 5.12. The van der Waals surface area contributed by atoms with Gasteiger partial charge < -0.3 is 5.32 Å². The first-order valence-electron chi connectivity index (χ1n) is 6.68. The van der Waals surface area contributed by atoms with Crippen molar-refractivity contribution in [2.45, 2.75) is 25.3 Å². The fourth-order valence-electron chi connectivity index (χ4n) is 2.65. The average Bonchev–Trinajstić information content (AvgIpc) is 2.49. The summed E-state index contributed by atoms with van der Waals surface area (Å²) in [6, 6.07) is 11.9. The number of aromatic nitrogens is 1. The number of nitrogens with zero attached hydrogens (tertiary/aromatic N) is 2. The van der Waals surface area contributed by atoms with E-state index in [4.69, 9.17) is 16.9 Å². The molecule has 3 rings (SSSR count). The van der Waals surface area contributed by atoms with Gasteiger partial charge in [0.05, 0.1) is 22.3 Å². The van der Waals surface area contributed by atoms with Gasteiger partial charge in [-0.1, -0.05) is 17.7 Å². The molecule has 1 aromatic heterocycles. The summed E-state index contributed by atoms with van der Waals surface area (Å²) in [7, 11) is 0. The minimum Gasteiger partial charge on any atom is -0.377 e. The van der Waals surface area contributed by atoms with Gasteiger partial charge in [-0.05, 0) is 49.1 Å². The summed E-state index contributed by atoms with van der Waals surface area (Å²) in [6.45, 7) is 0. The monoisotopic (exact) mass is 283 g/mol. The van der Waals surface area contributed by atoms with Crippen molar-refractivity contribution in [2.24, 2.45) is 0 Å². The van der Waals surface area contributed by atoms with E-state index in [1.807, 2.05) is 18.3 Å². The number of fused-ring (bicyclic) bond motifs is 1. The SMILES string of the molecule is N#Cc1cc(NC2CCCc3cccnc32)ccc1Cl. The first-order valence-corrected chi connectivity index (χ1v) is 7.05. The number of benzene rings is 1. The number of halogens is 1. The number of pyridine rings is 1. The van der Waals surface area contributed by atoms with E-state index in [2.05, 4.69) is 22.4 Å². The molecule has 1 aromatic carbocycles. The lowest BCUT2D eigenvalue weighted by molar-refractivity contribution is 0.583. The van der Waals surface area contributed by atoms with E-state index in [-0.39, 0.29) is 6.04 Å². The third kappa shape index (κ3) is 2.48. The van der Waals surface area contributed by atoms with Crippen LogP contribution < -0.4 is 5.32 Å². The molecule has 1 unspecified atom stereocenters. The molecule has 0 radical (unpaired) electrons. The number of aryl methyl sites for hydroxylation is 1. The van der Waals surface area contributed by atoms with Crippen LogP contribution in [0.3, 0.4) is 0 Å². The summed E-state index contributed by atoms with van der Waals surface area (Å²) in [4.78, 5) is 4.50. The van der Waals surface area contributed by atoms with Gasteiger partial charge in [0.25, 0.3) is 0 Å². The Morgan fingerprint density at radius 3 is 3.10 bits per heavy atom. The molecule has 20 heavy (non-hydrogen) atoms. The smallest absolute Gasteiger partial charge is 0.101 e. The average molecular weight is 284 g/mol. The van der Waals surface area contributed by atoms with Crippen LogP contribution in [0, 0.1) is 11.3 Å². The Hall–Kier alpha value is -2.05. The van der Waals surface area contributed by atoms with Crippen LogP contribution in [-0.2, 0) is 6.42 Å². The molecule has 4 heteroatoms. The number of rotatable bonds is 2. The molecule has 1 aliphatic carbocycles. The molecule has 0 saturated heterocycles. The molecule has 0 saturated carbocycles. The van der Waals surface area contributed by atoms with Gasteiger partial charge in [0.2, 0.25) is 0 Å². The van der Waals surface area contributed by atoms with Gasteiger partial charge in [0, 0.05) is 11.9 Å². The van der Waals surface area contributed by atoms with Crippen LogP contribution in [-0.4, -0.2) is 4.98 Å². The largest absolute Gasteiger partial charge is 0.377 e. The molecule has 0 fully saturated rings. The van der Waals surface area contributed by atoms with Gasteiger partial charge in [-0.2, -0.15) is 5.26 Å². The van der Waals surface area contributed by atoms with Crippen LogP contribution in [0.15, 0.2) is 36.5 Å². The molecule has 3 nitrogen and oxygen atoms in total. The van der Waals surface area contributed by atoms with Crippen molar-refractivity contribution in [2.75, 3.05) is 5.32 Å². The van der Waals surface area contributed by atoms with Crippen molar-refractivity contribution in [3.05, 3.63) is 58.4 Å². The molecular formula is C16H14ClN3. The van der Waals surface area contributed by atoms with Crippen LogP contribution in [0.2, 0.25) is 5.02 Å². The first-order chi connectivity index (χ1) is 9.78. The highest BCUT2D eigenvalue weighted by Crippen LogP contribution is 2.31. The lowest BCUT2D eigenvalue weighted by atomic mass is 9.91. The fourth-order valence-corrected chi connectivity index (χ4v) is 2.81. The van der Waals surface area contributed by atoms with Gasteiger partial charge in [-0.15, -0.1) is 0 Å². The maximum absolute atomic E-state index is 9.03. The standard InChI is InChI=1S/C16H14ClN3/c17-14-7-6-13(9-12(14)10-18)20-15-5-1-3-11-4-2-8-19-16(11)15/h2,4,6-9,15,20H,1,3,5H2. The summed E-state index contributed by atoms with van der Waals surface area (Å²) in [5.74, 6) is 0. The number of anilines is 1. The van der Waals surface area contributed by atoms with Crippen LogP contribution >= 0.6 is 11.6 Å². The Bertz CT molecular complexity index is 676. The normalized spacial score (nSPS) is 17.1. The summed E-state index contributed by atoms with van der Waals surface area (Å²) < 4.78 is 0. The summed E-state index contributed by atoms with van der Waals surface area (Å²) in [5.41, 5.74) is 3.83. The second-order valence-electron chi connectivity index (χ2n) is 4.94. The van der Waals surface area contributed by atoms with Crippen molar-refractivity contribution in [1.29, 1.82) is 5.26 Å². The van der Waals surface area contributed by atoms with E-state index in [0.717, 1.165) is 30.6 Å². The van der Waals surface area contributed by atoms with Crippen LogP contribution in [0.25, 0.3) is 0 Å². The van der Waals surface area contributed by atoms with E-state index < -0.39 is 0 Å². The molecule has 1 aliphatic rings. The minimum atomic E-state index is 0.202. The number of nitrogens with one attached hydrogen (secondary N) is 1. The van der Waals surface area contributed by atoms with Crippen LogP contribution in [0.5, 0.6) is 0 Å². The minimum absolute atomic E-state index is 0.202. The zero-order valence-corrected chi connectivity index (χ0v) is 11.7. The quantitative estimate of drug-likeness (QED) is 0.903. The Labute approximate surface area is 123 Å². The Kier molecular flexibility index (Phi) is 3.58. The zero-order valence-electron chi connectivity index (χ0n) is 10.9. The third-order valence-electron chi connectivity index (χ3n) is 3.62. The molecule has 0 spiro atoms. The van der Waals surface area contributed by atoms with Gasteiger partial charge in [-0.25, -0.2) is 0 Å². The van der Waals surface area contributed by atoms with Crippen molar-refractivity contribution < 1.29 is 0 Å². The predicted molar refractivity (Wildman–Crippen MR) is 79.7 cm³/mol. The number of hydrogen-bond acceptors (Lipinski definition) is 3. The Morgan fingerprint density at radius 2 is 2.25 bits per heavy atom. The van der Waals surface area contributed by atoms with Crippen LogP contribution in [0.4, 0.5) is 5.69 Å². The van der Waals surface area contributed by atoms with E-state index >= 15 is 0 Å². The fraction of sp³-hybridized carbons (Fsp3) is 0.250. The number of nitriles is 1. The second kappa shape index (κ2) is 5.52. The predicted octanol–water partition coefficient (Wildman–Crippen LogP) is 4.10. The summed E-state index contributed by atoms with van der Waals surface area (Å²) >= 11 is 5.96. The van der Waals surface area contributed by atoms with E-state index in [9.17, 15) is 0 Å². The molecule has 1 N–H and O–H groups in total. The molecule has 0 aliphatic heterocycles. The van der Waals surface area contributed by atoms with Crippen molar-refractivity contribution in [3.8, 4) is 6.07 Å². The molecule has 2 aromatic rings. The van der Waals surface area contributed by atoms with Gasteiger partial charge >= 0.3 is 0 Å². The van der Waals surface area contributed by atoms with Crippen molar-refractivity contribution >= 4 is 17.3 Å². The topological polar surface area (TPSA) is 48.7 Å². The molecule has 0 amide bonds. The lowest BCUT2D eigenvalue weighted by Crippen LogP contribution is -2.18. The highest BCUT2D eigenvalue weighted by Gasteiger charge is 2.21. The maximum atomic E-state index is 9.03. The molecule has 1 atom stereocenters. The highest BCUT2D eigenvalue weighted by atomic mass is 35.5. The van der Waals surface area contributed by atoms with Crippen molar-refractivity contribution in [1.82, 2.24) is 4.98 Å². The third-order valence-corrected chi connectivity index (χ3v) is 3.95. The lowest BCUT2D eigenvalue weighted by Gasteiger charge is -2.26. The van der Waals surface area contributed by atoms with Gasteiger partial charge in [0.1, 0.15) is 6.07 Å². The van der Waals surface area contributed by atoms with E-state index in [1.54, 1.807) is 12.1 Å². The summed E-state index contributed by atoms with van der Waals surface area (Å²) in [5, 5.41) is 13.0. The molecule has 100 valence electrons. The highest BCUT2D eigenvalue weighted by molar-refractivity contribution is 6.31. The Balaban J connectivity index is 1.88. The maximum Gasteiger partial charge on any atom is 0.101 e. The zero-order chi connectivity index (χ0) is 13.9. The molecule has 1 heterocycles. The van der Waals surface area contributed by atoms with Crippen molar-refractivity contribution in [3.63, 3.8) is 0 Å². The second-order valence-corrected chi connectivity index (χ2v) is 5.35. The Morgan fingerprint density at radius 1 is 1.35 bits per heavy atom. The number of hydrogen-bond donors (Lipinski definition) is 1. The van der Waals surface area contributed by atoms with Crippen LogP contribution in [0.1, 0.15) is 35.7 Å². The van der Waals surface area contributed by atoms with E-state index in [1.165, 1.54) is 5.56 Å². The molecule has 0 bridgehead atoms. The van der Waals surface area contributed by atoms with Gasteiger partial charge in [0.15, 0.2) is 0 Å². The van der Waals surface area contributed by atoms with E-state index in [0.29, 0.717) is 10.6 Å². The molecular weight excluding hydrogens is 270 g/mol. The van der Waals surface area contributed by atoms with Gasteiger partial charge in [-0.3, -0.25) is 4.98 Å².